The molecule has 45 heavy (non-hydrogen) atoms. The van der Waals surface area contributed by atoms with Crippen molar-refractivity contribution in [2.45, 2.75) is 44.9 Å². The van der Waals surface area contributed by atoms with Crippen molar-refractivity contribution in [2.75, 3.05) is 52.9 Å². The maximum atomic E-state index is 12.3. The quantitative estimate of drug-likeness (QED) is 0.0599. The number of rotatable bonds is 26. The summed E-state index contributed by atoms with van der Waals surface area (Å²) in [6.07, 6.45) is 6.81. The zero-order valence-corrected chi connectivity index (χ0v) is 25.5. The van der Waals surface area contributed by atoms with E-state index in [-0.39, 0.29) is 52.5 Å². The van der Waals surface area contributed by atoms with Gasteiger partial charge in [-0.2, -0.15) is 0 Å². The van der Waals surface area contributed by atoms with Crippen molar-refractivity contribution >= 4 is 35.8 Å². The van der Waals surface area contributed by atoms with E-state index in [1.165, 1.54) is 0 Å². The Kier molecular flexibility index (Phi) is 20.9. The van der Waals surface area contributed by atoms with Crippen LogP contribution in [0.4, 0.5) is 0 Å². The number of hydrogen-bond donors (Lipinski definition) is 2. The molecule has 0 amide bonds. The van der Waals surface area contributed by atoms with E-state index in [9.17, 15) is 39.0 Å². The maximum Gasteiger partial charge on any atom is 0.330 e. The summed E-state index contributed by atoms with van der Waals surface area (Å²) in [5.41, 5.74) is -2.74. The monoisotopic (exact) mass is 640 g/mol. The molecular weight excluding hydrogens is 596 g/mol. The molecule has 0 aromatic rings. The molecule has 0 fully saturated rings. The number of aliphatic hydroxyl groups is 2. The van der Waals surface area contributed by atoms with Crippen molar-refractivity contribution in [1.29, 1.82) is 0 Å². The predicted molar refractivity (Wildman–Crippen MR) is 158 cm³/mol. The zero-order valence-electron chi connectivity index (χ0n) is 25.5. The Bertz CT molecular complexity index is 903. The van der Waals surface area contributed by atoms with Gasteiger partial charge in [0.1, 0.15) is 39.6 Å². The molecular formula is C31H44O14. The van der Waals surface area contributed by atoms with Gasteiger partial charge in [0.2, 0.25) is 0 Å². The molecule has 0 aliphatic carbocycles. The summed E-state index contributed by atoms with van der Waals surface area (Å²) >= 11 is 0. The fourth-order valence-electron chi connectivity index (χ4n) is 3.34. The van der Waals surface area contributed by atoms with Crippen molar-refractivity contribution in [2.24, 2.45) is 10.8 Å². The minimum Gasteiger partial charge on any atom is -0.465 e. The minimum atomic E-state index is -1.37. The Morgan fingerprint density at radius 2 is 0.689 bits per heavy atom. The standard InChI is InChI=1S/C31H44O14/c1-5-24(34)40-18-30(16-32,19-41-25(35)6-2)22-44-28(38)14-12-10-9-11-13-15-29(39)45-23-31(17-33,20-42-26(36)7-3)21-43-27(37)8-4/h5-8,32-33H,1-4,9-23H2. The van der Waals surface area contributed by atoms with Crippen LogP contribution in [0.5, 0.6) is 0 Å². The van der Waals surface area contributed by atoms with Gasteiger partial charge in [-0.25, -0.2) is 19.2 Å². The lowest BCUT2D eigenvalue weighted by Crippen LogP contribution is -2.42. The summed E-state index contributed by atoms with van der Waals surface area (Å²) in [4.78, 5) is 70.4. The van der Waals surface area contributed by atoms with Crippen LogP contribution in [0, 0.1) is 10.8 Å². The summed E-state index contributed by atoms with van der Waals surface area (Å²) in [7, 11) is 0. The molecule has 0 heterocycles. The first-order chi connectivity index (χ1) is 21.4. The Labute approximate surface area is 262 Å². The molecule has 0 rings (SSSR count). The van der Waals surface area contributed by atoms with Crippen LogP contribution in [0.3, 0.4) is 0 Å². The Hall–Kier alpha value is -4.30. The Balaban J connectivity index is 4.57. The molecule has 14 nitrogen and oxygen atoms in total. The molecule has 0 saturated carbocycles. The first kappa shape index (κ1) is 40.7. The molecule has 0 aliphatic rings. The summed E-state index contributed by atoms with van der Waals surface area (Å²) in [5, 5.41) is 19.8. The van der Waals surface area contributed by atoms with Gasteiger partial charge in [0, 0.05) is 37.1 Å². The van der Waals surface area contributed by atoms with Gasteiger partial charge in [-0.15, -0.1) is 0 Å². The van der Waals surface area contributed by atoms with E-state index in [0.717, 1.165) is 24.3 Å². The van der Waals surface area contributed by atoms with Gasteiger partial charge in [0.25, 0.3) is 0 Å². The highest BCUT2D eigenvalue weighted by atomic mass is 16.6. The average Bonchev–Trinajstić information content (AvgIpc) is 3.06. The fraction of sp³-hybridized carbons (Fsp3) is 0.548. The molecule has 0 saturated heterocycles. The second-order valence-corrected chi connectivity index (χ2v) is 10.2. The maximum absolute atomic E-state index is 12.3. The van der Waals surface area contributed by atoms with E-state index in [4.69, 9.17) is 28.4 Å². The average molecular weight is 641 g/mol. The Morgan fingerprint density at radius 1 is 0.444 bits per heavy atom. The van der Waals surface area contributed by atoms with Gasteiger partial charge in [0.05, 0.1) is 24.0 Å². The van der Waals surface area contributed by atoms with E-state index < -0.39 is 59.9 Å². The fourth-order valence-corrected chi connectivity index (χ4v) is 3.34. The lowest BCUT2D eigenvalue weighted by molar-refractivity contribution is -0.164. The number of hydrogen-bond acceptors (Lipinski definition) is 14. The molecule has 0 atom stereocenters. The summed E-state index contributed by atoms with van der Waals surface area (Å²) in [5.74, 6) is -4.19. The molecule has 0 aromatic carbocycles. The largest absolute Gasteiger partial charge is 0.465 e. The molecule has 252 valence electrons. The molecule has 0 bridgehead atoms. The van der Waals surface area contributed by atoms with Crippen LogP contribution in [0.2, 0.25) is 0 Å². The van der Waals surface area contributed by atoms with Gasteiger partial charge in [-0.1, -0.05) is 45.6 Å². The van der Waals surface area contributed by atoms with E-state index in [2.05, 4.69) is 26.3 Å². The van der Waals surface area contributed by atoms with Crippen molar-refractivity contribution in [1.82, 2.24) is 0 Å². The molecule has 0 spiro atoms. The van der Waals surface area contributed by atoms with Crippen molar-refractivity contribution in [3.05, 3.63) is 50.6 Å². The molecule has 0 unspecified atom stereocenters. The molecule has 0 aromatic heterocycles. The number of ether oxygens (including phenoxy) is 6. The predicted octanol–water partition coefficient (Wildman–Crippen LogP) is 1.68. The van der Waals surface area contributed by atoms with Gasteiger partial charge < -0.3 is 38.6 Å². The number of carbonyl (C=O) groups excluding carboxylic acids is 6. The normalized spacial score (nSPS) is 10.9. The SMILES string of the molecule is C=CC(=O)OCC(CO)(COC(=O)C=C)COC(=O)CCCCCCCC(=O)OCC(CO)(COC(=O)C=C)COC(=O)C=C. The van der Waals surface area contributed by atoms with Crippen molar-refractivity contribution < 1.29 is 67.4 Å². The topological polar surface area (TPSA) is 198 Å². The highest BCUT2D eigenvalue weighted by molar-refractivity contribution is 5.82. The van der Waals surface area contributed by atoms with Crippen LogP contribution in [-0.2, 0) is 57.2 Å². The third-order valence-electron chi connectivity index (χ3n) is 6.26. The zero-order chi connectivity index (χ0) is 34.1. The van der Waals surface area contributed by atoms with E-state index in [1.807, 2.05) is 0 Å². The first-order valence-electron chi connectivity index (χ1n) is 14.1. The second-order valence-electron chi connectivity index (χ2n) is 10.2. The summed E-state index contributed by atoms with van der Waals surface area (Å²) in [6.45, 7) is 9.61. The highest BCUT2D eigenvalue weighted by Gasteiger charge is 2.36. The van der Waals surface area contributed by atoms with Crippen LogP contribution in [0.15, 0.2) is 50.6 Å². The van der Waals surface area contributed by atoms with Crippen LogP contribution in [-0.4, -0.2) is 98.9 Å². The Morgan fingerprint density at radius 3 is 0.933 bits per heavy atom. The van der Waals surface area contributed by atoms with E-state index >= 15 is 0 Å². The van der Waals surface area contributed by atoms with Crippen LogP contribution in [0.1, 0.15) is 44.9 Å². The van der Waals surface area contributed by atoms with Crippen LogP contribution >= 0.6 is 0 Å². The van der Waals surface area contributed by atoms with Gasteiger partial charge in [-0.3, -0.25) is 9.59 Å². The van der Waals surface area contributed by atoms with Gasteiger partial charge in [0.15, 0.2) is 0 Å². The van der Waals surface area contributed by atoms with Crippen molar-refractivity contribution in [3.8, 4) is 0 Å². The highest BCUT2D eigenvalue weighted by Crippen LogP contribution is 2.22. The minimum absolute atomic E-state index is 0.0680. The number of esters is 6. The first-order valence-corrected chi connectivity index (χ1v) is 14.1. The van der Waals surface area contributed by atoms with Gasteiger partial charge >= 0.3 is 35.8 Å². The molecule has 14 heteroatoms. The number of carbonyl (C=O) groups is 6. The lowest BCUT2D eigenvalue weighted by atomic mass is 9.92. The number of aliphatic hydroxyl groups excluding tert-OH is 2. The summed E-state index contributed by atoms with van der Waals surface area (Å²) in [6, 6.07) is 0. The van der Waals surface area contributed by atoms with E-state index in [1.54, 1.807) is 0 Å². The summed E-state index contributed by atoms with van der Waals surface area (Å²) < 4.78 is 30.4. The molecule has 2 N–H and O–H groups in total. The van der Waals surface area contributed by atoms with Gasteiger partial charge in [-0.05, 0) is 12.8 Å². The molecule has 0 aliphatic heterocycles. The second kappa shape index (κ2) is 23.1. The van der Waals surface area contributed by atoms with Crippen LogP contribution in [0.25, 0.3) is 0 Å². The van der Waals surface area contributed by atoms with Crippen LogP contribution < -0.4 is 0 Å². The number of unbranched alkanes of at least 4 members (excludes halogenated alkanes) is 4. The molecule has 0 radical (unpaired) electrons. The lowest BCUT2D eigenvalue weighted by Gasteiger charge is -2.29. The van der Waals surface area contributed by atoms with Crippen molar-refractivity contribution in [3.63, 3.8) is 0 Å². The van der Waals surface area contributed by atoms with E-state index in [0.29, 0.717) is 32.1 Å². The third-order valence-corrected chi connectivity index (χ3v) is 6.26. The third kappa shape index (κ3) is 18.2. The smallest absolute Gasteiger partial charge is 0.330 e.